The van der Waals surface area contributed by atoms with Gasteiger partial charge in [-0.3, -0.25) is 0 Å². The summed E-state index contributed by atoms with van der Waals surface area (Å²) in [7, 11) is 0. The number of aromatic nitrogens is 1. The van der Waals surface area contributed by atoms with E-state index in [1.54, 1.807) is 12.1 Å². The smallest absolute Gasteiger partial charge is 0.176 e. The van der Waals surface area contributed by atoms with E-state index in [1.807, 2.05) is 36.4 Å². The first-order valence-corrected chi connectivity index (χ1v) is 9.54. The second-order valence-electron chi connectivity index (χ2n) is 6.59. The monoisotopic (exact) mass is 379 g/mol. The number of ether oxygens (including phenoxy) is 1. The largest absolute Gasteiger partial charge is 0.494 e. The highest BCUT2D eigenvalue weighted by molar-refractivity contribution is 5.47. The summed E-state index contributed by atoms with van der Waals surface area (Å²) in [6.07, 6.45) is 6.98. The molecular formula is C24H23F2NO. The SMILES string of the molecule is CCCCCCOc1ccc(C#Cc2ccc(-n3cc(F)c(F)c3)cc2)cc1. The fourth-order valence-corrected chi connectivity index (χ4v) is 2.77. The molecule has 2 aromatic carbocycles. The van der Waals surface area contributed by atoms with Crippen molar-refractivity contribution in [2.24, 2.45) is 0 Å². The quantitative estimate of drug-likeness (QED) is 0.357. The van der Waals surface area contributed by atoms with Gasteiger partial charge in [0.1, 0.15) is 5.75 Å². The lowest BCUT2D eigenvalue weighted by Crippen LogP contribution is -1.96. The molecule has 0 amide bonds. The topological polar surface area (TPSA) is 14.2 Å². The first kappa shape index (κ1) is 19.7. The molecule has 0 fully saturated rings. The number of benzene rings is 2. The minimum Gasteiger partial charge on any atom is -0.494 e. The molecule has 0 atom stereocenters. The van der Waals surface area contributed by atoms with Crippen molar-refractivity contribution in [1.29, 1.82) is 0 Å². The van der Waals surface area contributed by atoms with Crippen molar-refractivity contribution in [1.82, 2.24) is 4.57 Å². The second kappa shape index (κ2) is 9.75. The lowest BCUT2D eigenvalue weighted by atomic mass is 10.1. The molecule has 0 aliphatic heterocycles. The maximum absolute atomic E-state index is 13.1. The molecule has 1 aromatic heterocycles. The molecule has 0 aliphatic carbocycles. The van der Waals surface area contributed by atoms with E-state index in [0.717, 1.165) is 42.3 Å². The molecule has 4 heteroatoms. The normalized spacial score (nSPS) is 10.4. The Bertz CT molecular complexity index is 928. The Kier molecular flexibility index (Phi) is 6.86. The summed E-state index contributed by atoms with van der Waals surface area (Å²) in [5.41, 5.74) is 2.40. The minimum atomic E-state index is -0.864. The van der Waals surface area contributed by atoms with Gasteiger partial charge < -0.3 is 9.30 Å². The fraction of sp³-hybridized carbons (Fsp3) is 0.250. The zero-order valence-electron chi connectivity index (χ0n) is 15.9. The molecule has 0 spiro atoms. The van der Waals surface area contributed by atoms with Gasteiger partial charge in [-0.15, -0.1) is 0 Å². The summed E-state index contributed by atoms with van der Waals surface area (Å²) in [6.45, 7) is 2.94. The van der Waals surface area contributed by atoms with Gasteiger partial charge in [0, 0.05) is 29.2 Å². The maximum atomic E-state index is 13.1. The lowest BCUT2D eigenvalue weighted by molar-refractivity contribution is 0.305. The van der Waals surface area contributed by atoms with Crippen LogP contribution >= 0.6 is 0 Å². The molecular weight excluding hydrogens is 356 g/mol. The van der Waals surface area contributed by atoms with E-state index in [9.17, 15) is 8.78 Å². The Morgan fingerprint density at radius 1 is 0.786 bits per heavy atom. The van der Waals surface area contributed by atoms with E-state index in [2.05, 4.69) is 18.8 Å². The molecule has 0 bridgehead atoms. The van der Waals surface area contributed by atoms with Crippen LogP contribution in [0.1, 0.15) is 43.7 Å². The highest BCUT2D eigenvalue weighted by Gasteiger charge is 2.06. The molecule has 0 N–H and O–H groups in total. The van der Waals surface area contributed by atoms with Crippen LogP contribution in [0.15, 0.2) is 60.9 Å². The first-order valence-electron chi connectivity index (χ1n) is 9.54. The van der Waals surface area contributed by atoms with Crippen LogP contribution in [0, 0.1) is 23.5 Å². The van der Waals surface area contributed by atoms with Crippen molar-refractivity contribution in [3.05, 3.63) is 83.7 Å². The summed E-state index contributed by atoms with van der Waals surface area (Å²) in [6, 6.07) is 14.9. The van der Waals surface area contributed by atoms with Crippen LogP contribution in [0.3, 0.4) is 0 Å². The van der Waals surface area contributed by atoms with Crippen LogP contribution in [0.25, 0.3) is 5.69 Å². The van der Waals surface area contributed by atoms with Crippen molar-refractivity contribution >= 4 is 0 Å². The zero-order chi connectivity index (χ0) is 19.8. The number of hydrogen-bond donors (Lipinski definition) is 0. The standard InChI is InChI=1S/C24H23F2NO/c1-2-3-4-5-16-28-22-14-10-20(11-15-22)7-6-19-8-12-21(13-9-19)27-17-23(25)24(26)18-27/h8-15,17-18H,2-5,16H2,1H3. The van der Waals surface area contributed by atoms with Crippen LogP contribution < -0.4 is 4.74 Å². The van der Waals surface area contributed by atoms with E-state index >= 15 is 0 Å². The van der Waals surface area contributed by atoms with Gasteiger partial charge in [0.15, 0.2) is 11.6 Å². The summed E-state index contributed by atoms with van der Waals surface area (Å²) >= 11 is 0. The van der Waals surface area contributed by atoms with Crippen molar-refractivity contribution < 1.29 is 13.5 Å². The van der Waals surface area contributed by atoms with Crippen molar-refractivity contribution in [3.8, 4) is 23.3 Å². The molecule has 3 aromatic rings. The van der Waals surface area contributed by atoms with Gasteiger partial charge in [0.2, 0.25) is 0 Å². The molecule has 3 rings (SSSR count). The van der Waals surface area contributed by atoms with Crippen LogP contribution in [0.2, 0.25) is 0 Å². The Labute approximate surface area is 164 Å². The van der Waals surface area contributed by atoms with Crippen LogP contribution in [-0.4, -0.2) is 11.2 Å². The van der Waals surface area contributed by atoms with Gasteiger partial charge in [-0.1, -0.05) is 38.0 Å². The third kappa shape index (κ3) is 5.47. The number of hydrogen-bond acceptors (Lipinski definition) is 1. The van der Waals surface area contributed by atoms with Crippen LogP contribution in [-0.2, 0) is 0 Å². The van der Waals surface area contributed by atoms with Gasteiger partial charge in [0.25, 0.3) is 0 Å². The predicted molar refractivity (Wildman–Crippen MR) is 108 cm³/mol. The first-order chi connectivity index (χ1) is 13.7. The molecule has 28 heavy (non-hydrogen) atoms. The molecule has 0 unspecified atom stereocenters. The molecule has 0 radical (unpaired) electrons. The summed E-state index contributed by atoms with van der Waals surface area (Å²) in [4.78, 5) is 0. The molecule has 0 saturated carbocycles. The maximum Gasteiger partial charge on any atom is 0.176 e. The summed E-state index contributed by atoms with van der Waals surface area (Å²) in [5, 5.41) is 0. The summed E-state index contributed by atoms with van der Waals surface area (Å²) in [5.74, 6) is 5.34. The van der Waals surface area contributed by atoms with Crippen molar-refractivity contribution in [2.75, 3.05) is 6.61 Å². The van der Waals surface area contributed by atoms with Gasteiger partial charge in [-0.05, 0) is 55.0 Å². The Balaban J connectivity index is 1.57. The van der Waals surface area contributed by atoms with E-state index in [4.69, 9.17) is 4.74 Å². The third-order valence-corrected chi connectivity index (χ3v) is 4.37. The zero-order valence-corrected chi connectivity index (χ0v) is 15.9. The molecule has 144 valence electrons. The van der Waals surface area contributed by atoms with E-state index in [1.165, 1.54) is 23.8 Å². The molecule has 0 aliphatic rings. The van der Waals surface area contributed by atoms with Crippen molar-refractivity contribution in [2.45, 2.75) is 32.6 Å². The average molecular weight is 379 g/mol. The van der Waals surface area contributed by atoms with E-state index in [0.29, 0.717) is 5.69 Å². The summed E-state index contributed by atoms with van der Waals surface area (Å²) < 4.78 is 33.4. The van der Waals surface area contributed by atoms with E-state index in [-0.39, 0.29) is 0 Å². The van der Waals surface area contributed by atoms with E-state index < -0.39 is 11.6 Å². The Hall–Kier alpha value is -3.06. The number of nitrogens with zero attached hydrogens (tertiary/aromatic N) is 1. The highest BCUT2D eigenvalue weighted by atomic mass is 19.2. The number of rotatable bonds is 7. The average Bonchev–Trinajstić information content (AvgIpc) is 3.06. The third-order valence-electron chi connectivity index (χ3n) is 4.37. The van der Waals surface area contributed by atoms with Crippen LogP contribution in [0.4, 0.5) is 8.78 Å². The Morgan fingerprint density at radius 2 is 1.36 bits per heavy atom. The van der Waals surface area contributed by atoms with Gasteiger partial charge in [0.05, 0.1) is 6.61 Å². The van der Waals surface area contributed by atoms with Gasteiger partial charge >= 0.3 is 0 Å². The highest BCUT2D eigenvalue weighted by Crippen LogP contribution is 2.15. The molecule has 1 heterocycles. The fourth-order valence-electron chi connectivity index (χ4n) is 2.77. The Morgan fingerprint density at radius 3 is 1.93 bits per heavy atom. The second-order valence-corrected chi connectivity index (χ2v) is 6.59. The van der Waals surface area contributed by atoms with Gasteiger partial charge in [-0.2, -0.15) is 0 Å². The molecule has 0 saturated heterocycles. The number of unbranched alkanes of at least 4 members (excludes halogenated alkanes) is 3. The van der Waals surface area contributed by atoms with Gasteiger partial charge in [-0.25, -0.2) is 8.78 Å². The number of halogens is 2. The van der Waals surface area contributed by atoms with Crippen LogP contribution in [0.5, 0.6) is 5.75 Å². The molecule has 2 nitrogen and oxygen atoms in total. The minimum absolute atomic E-state index is 0.675. The van der Waals surface area contributed by atoms with Crippen molar-refractivity contribution in [3.63, 3.8) is 0 Å². The lowest BCUT2D eigenvalue weighted by Gasteiger charge is -2.05. The predicted octanol–water partition coefficient (Wildman–Crippen LogP) is 6.11.